The number of anilines is 1. The number of pyridine rings is 1. The zero-order valence-corrected chi connectivity index (χ0v) is 9.50. The van der Waals surface area contributed by atoms with Gasteiger partial charge in [0, 0.05) is 18.1 Å². The Bertz CT molecular complexity index is 598. The number of aryl methyl sites for hydroxylation is 2. The maximum Gasteiger partial charge on any atom is 0.263 e. The Balaban J connectivity index is 2.35. The molecule has 2 aromatic rings. The Morgan fingerprint density at radius 3 is 2.76 bits per heavy atom. The smallest absolute Gasteiger partial charge is 0.263 e. The summed E-state index contributed by atoms with van der Waals surface area (Å²) in [5.41, 5.74) is 1.07. The molecule has 0 saturated heterocycles. The van der Waals surface area contributed by atoms with Gasteiger partial charge in [-0.1, -0.05) is 0 Å². The number of hydrogen-bond donors (Lipinski definition) is 3. The molecule has 6 heteroatoms. The van der Waals surface area contributed by atoms with Gasteiger partial charge in [0.1, 0.15) is 5.56 Å². The third kappa shape index (κ3) is 2.25. The zero-order chi connectivity index (χ0) is 12.4. The summed E-state index contributed by atoms with van der Waals surface area (Å²) in [6.45, 7) is 3.49. The number of nitrogens with one attached hydrogen (secondary N) is 3. The van der Waals surface area contributed by atoms with Crippen LogP contribution >= 0.6 is 0 Å². The van der Waals surface area contributed by atoms with Crippen LogP contribution in [-0.2, 0) is 0 Å². The Morgan fingerprint density at radius 1 is 1.41 bits per heavy atom. The first kappa shape index (κ1) is 11.1. The Kier molecular flexibility index (Phi) is 2.78. The minimum atomic E-state index is -0.473. The first-order valence-electron chi connectivity index (χ1n) is 5.09. The molecule has 88 valence electrons. The van der Waals surface area contributed by atoms with Gasteiger partial charge in [-0.3, -0.25) is 14.9 Å². The van der Waals surface area contributed by atoms with Crippen LogP contribution in [-0.4, -0.2) is 20.9 Å². The van der Waals surface area contributed by atoms with Crippen LogP contribution in [0.1, 0.15) is 21.6 Å². The van der Waals surface area contributed by atoms with Crippen molar-refractivity contribution >= 4 is 11.9 Å². The molecule has 0 aliphatic carbocycles. The normalized spacial score (nSPS) is 10.2. The SMILES string of the molecule is Cc1cc(C)c(C(=O)Nc2ncc[nH]2)c(=O)[nH]1. The fraction of sp³-hybridized carbons (Fsp3) is 0.182. The van der Waals surface area contributed by atoms with Gasteiger partial charge in [-0.15, -0.1) is 0 Å². The molecule has 0 aromatic carbocycles. The standard InChI is InChI=1S/C11H12N4O2/c1-6-5-7(2)14-9(16)8(6)10(17)15-11-12-3-4-13-11/h3-5H,1-2H3,(H,14,16)(H2,12,13,15,17). The zero-order valence-electron chi connectivity index (χ0n) is 9.50. The van der Waals surface area contributed by atoms with E-state index in [-0.39, 0.29) is 5.56 Å². The van der Waals surface area contributed by atoms with Crippen LogP contribution in [0.2, 0.25) is 0 Å². The highest BCUT2D eigenvalue weighted by atomic mass is 16.2. The van der Waals surface area contributed by atoms with Crippen molar-refractivity contribution in [3.63, 3.8) is 0 Å². The molecule has 0 saturated carbocycles. The molecule has 0 fully saturated rings. The van der Waals surface area contributed by atoms with Crippen molar-refractivity contribution in [3.05, 3.63) is 45.6 Å². The predicted octanol–water partition coefficient (Wildman–Crippen LogP) is 0.967. The maximum absolute atomic E-state index is 11.9. The maximum atomic E-state index is 11.9. The van der Waals surface area contributed by atoms with Crippen molar-refractivity contribution in [1.82, 2.24) is 15.0 Å². The topological polar surface area (TPSA) is 90.6 Å². The van der Waals surface area contributed by atoms with Crippen molar-refractivity contribution in [1.29, 1.82) is 0 Å². The van der Waals surface area contributed by atoms with Gasteiger partial charge in [-0.25, -0.2) is 4.98 Å². The molecule has 0 radical (unpaired) electrons. The third-order valence-corrected chi connectivity index (χ3v) is 2.32. The fourth-order valence-electron chi connectivity index (χ4n) is 1.64. The van der Waals surface area contributed by atoms with Crippen molar-refractivity contribution in [2.75, 3.05) is 5.32 Å². The second kappa shape index (κ2) is 4.25. The lowest BCUT2D eigenvalue weighted by molar-refractivity contribution is 0.102. The summed E-state index contributed by atoms with van der Waals surface area (Å²) in [5.74, 6) is -0.159. The lowest BCUT2D eigenvalue weighted by Crippen LogP contribution is -2.25. The monoisotopic (exact) mass is 232 g/mol. The van der Waals surface area contributed by atoms with E-state index < -0.39 is 11.5 Å². The Labute approximate surface area is 97.1 Å². The lowest BCUT2D eigenvalue weighted by Gasteiger charge is -2.05. The van der Waals surface area contributed by atoms with E-state index in [1.807, 2.05) is 0 Å². The molecule has 0 aliphatic rings. The summed E-state index contributed by atoms with van der Waals surface area (Å²) in [5, 5.41) is 2.51. The molecule has 1 amide bonds. The first-order chi connectivity index (χ1) is 8.08. The van der Waals surface area contributed by atoms with Crippen LogP contribution in [0.4, 0.5) is 5.95 Å². The Morgan fingerprint density at radius 2 is 2.18 bits per heavy atom. The average Bonchev–Trinajstić information content (AvgIpc) is 2.68. The van der Waals surface area contributed by atoms with Gasteiger partial charge in [-0.05, 0) is 25.5 Å². The van der Waals surface area contributed by atoms with E-state index in [1.54, 1.807) is 26.1 Å². The fourth-order valence-corrected chi connectivity index (χ4v) is 1.64. The second-order valence-electron chi connectivity index (χ2n) is 3.73. The van der Waals surface area contributed by atoms with Crippen LogP contribution in [0.3, 0.4) is 0 Å². The number of aromatic amines is 2. The summed E-state index contributed by atoms with van der Waals surface area (Å²) < 4.78 is 0. The van der Waals surface area contributed by atoms with Gasteiger partial charge in [0.15, 0.2) is 0 Å². The molecule has 6 nitrogen and oxygen atoms in total. The molecule has 0 bridgehead atoms. The highest BCUT2D eigenvalue weighted by Gasteiger charge is 2.15. The van der Waals surface area contributed by atoms with Crippen molar-refractivity contribution in [2.24, 2.45) is 0 Å². The first-order valence-corrected chi connectivity index (χ1v) is 5.09. The van der Waals surface area contributed by atoms with Crippen LogP contribution in [0.5, 0.6) is 0 Å². The van der Waals surface area contributed by atoms with Gasteiger partial charge < -0.3 is 9.97 Å². The number of nitrogens with zero attached hydrogens (tertiary/aromatic N) is 1. The van der Waals surface area contributed by atoms with Crippen LogP contribution in [0, 0.1) is 13.8 Å². The molecule has 0 atom stereocenters. The minimum Gasteiger partial charge on any atom is -0.331 e. The molecule has 2 aromatic heterocycles. The van der Waals surface area contributed by atoms with E-state index >= 15 is 0 Å². The van der Waals surface area contributed by atoms with Crippen LogP contribution in [0.25, 0.3) is 0 Å². The molecule has 17 heavy (non-hydrogen) atoms. The lowest BCUT2D eigenvalue weighted by atomic mass is 10.1. The largest absolute Gasteiger partial charge is 0.331 e. The summed E-state index contributed by atoms with van der Waals surface area (Å²) in [4.78, 5) is 32.7. The third-order valence-electron chi connectivity index (χ3n) is 2.32. The van der Waals surface area contributed by atoms with Gasteiger partial charge in [0.05, 0.1) is 0 Å². The number of carbonyl (C=O) groups is 1. The van der Waals surface area contributed by atoms with E-state index in [0.29, 0.717) is 11.5 Å². The second-order valence-corrected chi connectivity index (χ2v) is 3.73. The van der Waals surface area contributed by atoms with E-state index in [1.165, 1.54) is 6.20 Å². The average molecular weight is 232 g/mol. The van der Waals surface area contributed by atoms with Crippen molar-refractivity contribution in [3.8, 4) is 0 Å². The molecular weight excluding hydrogens is 220 g/mol. The van der Waals surface area contributed by atoms with E-state index in [4.69, 9.17) is 0 Å². The van der Waals surface area contributed by atoms with Gasteiger partial charge in [0.2, 0.25) is 5.95 Å². The van der Waals surface area contributed by atoms with Crippen LogP contribution < -0.4 is 10.9 Å². The van der Waals surface area contributed by atoms with Gasteiger partial charge in [-0.2, -0.15) is 0 Å². The number of carbonyl (C=O) groups excluding carboxylic acids is 1. The highest BCUT2D eigenvalue weighted by Crippen LogP contribution is 2.06. The minimum absolute atomic E-state index is 0.104. The van der Waals surface area contributed by atoms with Crippen molar-refractivity contribution in [2.45, 2.75) is 13.8 Å². The van der Waals surface area contributed by atoms with Gasteiger partial charge >= 0.3 is 0 Å². The molecule has 0 spiro atoms. The molecule has 2 heterocycles. The van der Waals surface area contributed by atoms with Crippen molar-refractivity contribution < 1.29 is 4.79 Å². The summed E-state index contributed by atoms with van der Waals surface area (Å²) in [6, 6.07) is 1.75. The number of H-pyrrole nitrogens is 2. The number of hydrogen-bond acceptors (Lipinski definition) is 3. The summed E-state index contributed by atoms with van der Waals surface area (Å²) in [7, 11) is 0. The highest BCUT2D eigenvalue weighted by molar-refractivity contribution is 6.04. The van der Waals surface area contributed by atoms with E-state index in [0.717, 1.165) is 5.69 Å². The summed E-state index contributed by atoms with van der Waals surface area (Å²) >= 11 is 0. The molecule has 2 rings (SSSR count). The molecule has 0 unspecified atom stereocenters. The number of aromatic nitrogens is 3. The van der Waals surface area contributed by atoms with Gasteiger partial charge in [0.25, 0.3) is 11.5 Å². The number of rotatable bonds is 2. The quantitative estimate of drug-likeness (QED) is 0.720. The number of imidazole rings is 1. The molecule has 3 N–H and O–H groups in total. The molecular formula is C11H12N4O2. The van der Waals surface area contributed by atoms with E-state index in [2.05, 4.69) is 20.3 Å². The predicted molar refractivity (Wildman–Crippen MR) is 63.1 cm³/mol. The van der Waals surface area contributed by atoms with E-state index in [9.17, 15) is 9.59 Å². The van der Waals surface area contributed by atoms with Crippen LogP contribution in [0.15, 0.2) is 23.3 Å². The molecule has 0 aliphatic heterocycles. The Hall–Kier alpha value is -2.37. The number of amides is 1. The summed E-state index contributed by atoms with van der Waals surface area (Å²) in [6.07, 6.45) is 3.10.